The standard InChI is InChI=1S/C11H21NO/c1-10(2,12-3)11(7-13-8-11)9-5-4-6-9/h9,12H,4-8H2,1-3H3. The quantitative estimate of drug-likeness (QED) is 0.720. The van der Waals surface area contributed by atoms with Gasteiger partial charge in [-0.1, -0.05) is 6.42 Å². The zero-order valence-corrected chi connectivity index (χ0v) is 9.02. The molecule has 1 aliphatic heterocycles. The summed E-state index contributed by atoms with van der Waals surface area (Å²) in [6, 6.07) is 0. The Morgan fingerprint density at radius 3 is 2.15 bits per heavy atom. The van der Waals surface area contributed by atoms with Crippen molar-refractivity contribution in [1.29, 1.82) is 0 Å². The second-order valence-corrected chi connectivity index (χ2v) is 5.15. The smallest absolute Gasteiger partial charge is 0.0565 e. The molecule has 0 aromatic rings. The van der Waals surface area contributed by atoms with E-state index in [1.54, 1.807) is 0 Å². The van der Waals surface area contributed by atoms with E-state index in [0.717, 1.165) is 19.1 Å². The van der Waals surface area contributed by atoms with Gasteiger partial charge in [0.2, 0.25) is 0 Å². The van der Waals surface area contributed by atoms with Gasteiger partial charge in [-0.25, -0.2) is 0 Å². The van der Waals surface area contributed by atoms with Crippen LogP contribution >= 0.6 is 0 Å². The molecule has 13 heavy (non-hydrogen) atoms. The van der Waals surface area contributed by atoms with Crippen molar-refractivity contribution in [2.45, 2.75) is 38.6 Å². The molecule has 0 aromatic carbocycles. The van der Waals surface area contributed by atoms with Crippen LogP contribution in [0.1, 0.15) is 33.1 Å². The molecule has 1 heterocycles. The fourth-order valence-electron chi connectivity index (χ4n) is 2.64. The molecule has 0 spiro atoms. The molecule has 0 amide bonds. The lowest BCUT2D eigenvalue weighted by atomic mass is 9.56. The summed E-state index contributed by atoms with van der Waals surface area (Å²) < 4.78 is 5.44. The van der Waals surface area contributed by atoms with Gasteiger partial charge in [0.15, 0.2) is 0 Å². The van der Waals surface area contributed by atoms with E-state index in [-0.39, 0.29) is 5.54 Å². The van der Waals surface area contributed by atoms with Crippen LogP contribution < -0.4 is 5.32 Å². The highest BCUT2D eigenvalue weighted by Gasteiger charge is 2.56. The third-order valence-corrected chi connectivity index (χ3v) is 4.48. The Bertz CT molecular complexity index is 192. The molecule has 2 heteroatoms. The van der Waals surface area contributed by atoms with E-state index in [1.807, 2.05) is 0 Å². The number of hydrogen-bond donors (Lipinski definition) is 1. The van der Waals surface area contributed by atoms with Crippen LogP contribution in [0, 0.1) is 11.3 Å². The molecule has 2 fully saturated rings. The van der Waals surface area contributed by atoms with Crippen LogP contribution in [0.25, 0.3) is 0 Å². The predicted octanol–water partition coefficient (Wildman–Crippen LogP) is 1.80. The second-order valence-electron chi connectivity index (χ2n) is 5.15. The minimum absolute atomic E-state index is 0.232. The molecule has 2 aliphatic rings. The van der Waals surface area contributed by atoms with E-state index < -0.39 is 0 Å². The second kappa shape index (κ2) is 2.96. The summed E-state index contributed by atoms with van der Waals surface area (Å²) in [5.41, 5.74) is 0.663. The average molecular weight is 183 g/mol. The maximum atomic E-state index is 5.44. The van der Waals surface area contributed by atoms with Gasteiger partial charge in [0.25, 0.3) is 0 Å². The van der Waals surface area contributed by atoms with Crippen LogP contribution in [-0.4, -0.2) is 25.8 Å². The Hall–Kier alpha value is -0.0800. The first-order valence-corrected chi connectivity index (χ1v) is 5.39. The molecule has 0 atom stereocenters. The lowest BCUT2D eigenvalue weighted by molar-refractivity contribution is -0.200. The number of hydrogen-bond acceptors (Lipinski definition) is 2. The van der Waals surface area contributed by atoms with Crippen LogP contribution in [0.2, 0.25) is 0 Å². The maximum absolute atomic E-state index is 5.44. The van der Waals surface area contributed by atoms with Crippen molar-refractivity contribution in [3.05, 3.63) is 0 Å². The van der Waals surface area contributed by atoms with Crippen molar-refractivity contribution in [1.82, 2.24) is 5.32 Å². The van der Waals surface area contributed by atoms with E-state index in [2.05, 4.69) is 26.2 Å². The predicted molar refractivity (Wildman–Crippen MR) is 53.7 cm³/mol. The summed E-state index contributed by atoms with van der Waals surface area (Å²) in [6.45, 7) is 6.55. The Balaban J connectivity index is 2.13. The van der Waals surface area contributed by atoms with E-state index >= 15 is 0 Å². The topological polar surface area (TPSA) is 21.3 Å². The summed E-state index contributed by atoms with van der Waals surface area (Å²) in [6.07, 6.45) is 4.25. The van der Waals surface area contributed by atoms with Crippen molar-refractivity contribution in [2.75, 3.05) is 20.3 Å². The average Bonchev–Trinajstić information content (AvgIpc) is 1.92. The largest absolute Gasteiger partial charge is 0.380 e. The molecule has 1 N–H and O–H groups in total. The molecule has 1 saturated carbocycles. The minimum atomic E-state index is 0.232. The van der Waals surface area contributed by atoms with Crippen molar-refractivity contribution < 1.29 is 4.74 Å². The fraction of sp³-hybridized carbons (Fsp3) is 1.00. The highest BCUT2D eigenvalue weighted by molar-refractivity contribution is 5.07. The van der Waals surface area contributed by atoms with Gasteiger partial charge in [-0.3, -0.25) is 0 Å². The summed E-state index contributed by atoms with van der Waals surface area (Å²) >= 11 is 0. The first kappa shape index (κ1) is 9.47. The van der Waals surface area contributed by atoms with Gasteiger partial charge in [-0.15, -0.1) is 0 Å². The molecular weight excluding hydrogens is 162 g/mol. The number of ether oxygens (including phenoxy) is 1. The monoisotopic (exact) mass is 183 g/mol. The Morgan fingerprint density at radius 2 is 1.92 bits per heavy atom. The molecule has 76 valence electrons. The first-order chi connectivity index (χ1) is 6.12. The van der Waals surface area contributed by atoms with Gasteiger partial charge in [0.1, 0.15) is 0 Å². The minimum Gasteiger partial charge on any atom is -0.380 e. The van der Waals surface area contributed by atoms with Gasteiger partial charge in [-0.2, -0.15) is 0 Å². The molecule has 0 radical (unpaired) electrons. The van der Waals surface area contributed by atoms with Gasteiger partial charge in [-0.05, 0) is 39.7 Å². The molecule has 0 unspecified atom stereocenters. The molecule has 0 bridgehead atoms. The van der Waals surface area contributed by atoms with Crippen molar-refractivity contribution >= 4 is 0 Å². The highest BCUT2D eigenvalue weighted by Crippen LogP contribution is 2.52. The van der Waals surface area contributed by atoms with E-state index in [0.29, 0.717) is 5.41 Å². The van der Waals surface area contributed by atoms with Gasteiger partial charge >= 0.3 is 0 Å². The fourth-order valence-corrected chi connectivity index (χ4v) is 2.64. The summed E-state index contributed by atoms with van der Waals surface area (Å²) in [4.78, 5) is 0. The molecule has 2 rings (SSSR count). The highest BCUT2D eigenvalue weighted by atomic mass is 16.5. The van der Waals surface area contributed by atoms with Crippen molar-refractivity contribution in [3.8, 4) is 0 Å². The lowest BCUT2D eigenvalue weighted by Crippen LogP contribution is -2.67. The summed E-state index contributed by atoms with van der Waals surface area (Å²) in [5, 5.41) is 3.45. The molecular formula is C11H21NO. The number of nitrogens with one attached hydrogen (secondary N) is 1. The normalized spacial score (nSPS) is 27.9. The Labute approximate surface area is 81.0 Å². The van der Waals surface area contributed by atoms with Crippen molar-refractivity contribution in [2.24, 2.45) is 11.3 Å². The third-order valence-electron chi connectivity index (χ3n) is 4.48. The van der Waals surface area contributed by atoms with Gasteiger partial charge < -0.3 is 10.1 Å². The van der Waals surface area contributed by atoms with Crippen LogP contribution in [0.5, 0.6) is 0 Å². The summed E-state index contributed by atoms with van der Waals surface area (Å²) in [7, 11) is 2.07. The summed E-state index contributed by atoms with van der Waals surface area (Å²) in [5.74, 6) is 0.906. The van der Waals surface area contributed by atoms with Crippen LogP contribution in [-0.2, 0) is 4.74 Å². The maximum Gasteiger partial charge on any atom is 0.0565 e. The molecule has 0 aromatic heterocycles. The zero-order valence-electron chi connectivity index (χ0n) is 9.02. The van der Waals surface area contributed by atoms with Crippen LogP contribution in [0.15, 0.2) is 0 Å². The van der Waals surface area contributed by atoms with E-state index in [9.17, 15) is 0 Å². The van der Waals surface area contributed by atoms with E-state index in [1.165, 1.54) is 19.3 Å². The SMILES string of the molecule is CNC(C)(C)C1(C2CCC2)COC1. The van der Waals surface area contributed by atoms with E-state index in [4.69, 9.17) is 4.74 Å². The first-order valence-electron chi connectivity index (χ1n) is 5.39. The third kappa shape index (κ3) is 1.15. The van der Waals surface area contributed by atoms with Crippen LogP contribution in [0.4, 0.5) is 0 Å². The number of rotatable bonds is 3. The van der Waals surface area contributed by atoms with Gasteiger partial charge in [0, 0.05) is 11.0 Å². The van der Waals surface area contributed by atoms with Crippen LogP contribution in [0.3, 0.4) is 0 Å². The zero-order chi connectivity index (χ0) is 9.53. The molecule has 1 saturated heterocycles. The Kier molecular flexibility index (Phi) is 2.16. The molecule has 2 nitrogen and oxygen atoms in total. The lowest BCUT2D eigenvalue weighted by Gasteiger charge is -2.59. The van der Waals surface area contributed by atoms with Gasteiger partial charge in [0.05, 0.1) is 13.2 Å². The molecule has 1 aliphatic carbocycles. The Morgan fingerprint density at radius 1 is 1.31 bits per heavy atom. The van der Waals surface area contributed by atoms with Crippen molar-refractivity contribution in [3.63, 3.8) is 0 Å².